The van der Waals surface area contributed by atoms with Crippen molar-refractivity contribution in [2.45, 2.75) is 13.3 Å². The van der Waals surface area contributed by atoms with E-state index in [4.69, 9.17) is 11.6 Å². The average Bonchev–Trinajstić information content (AvgIpc) is 2.71. The van der Waals surface area contributed by atoms with E-state index in [1.54, 1.807) is 29.9 Å². The lowest BCUT2D eigenvalue weighted by molar-refractivity contribution is 0.614. The summed E-state index contributed by atoms with van der Waals surface area (Å²) >= 11 is 5.61. The van der Waals surface area contributed by atoms with Crippen LogP contribution in [-0.4, -0.2) is 20.9 Å². The van der Waals surface area contributed by atoms with Gasteiger partial charge in [0.15, 0.2) is 0 Å². The zero-order valence-electron chi connectivity index (χ0n) is 8.82. The first-order valence-electron chi connectivity index (χ1n) is 4.95. The largest absolute Gasteiger partial charge is 0.220 e. The van der Waals surface area contributed by atoms with Crippen LogP contribution in [0.2, 0.25) is 0 Å². The second-order valence-corrected chi connectivity index (χ2v) is 3.86. The van der Waals surface area contributed by atoms with Crippen molar-refractivity contribution in [3.05, 3.63) is 41.5 Å². The number of halogens is 2. The van der Waals surface area contributed by atoms with E-state index in [1.807, 2.05) is 0 Å². The summed E-state index contributed by atoms with van der Waals surface area (Å²) in [4.78, 5) is 0. The summed E-state index contributed by atoms with van der Waals surface area (Å²) in [5, 5.41) is 7.91. The molecular weight excluding hydrogens is 229 g/mol. The number of alkyl halides is 1. The van der Waals surface area contributed by atoms with Gasteiger partial charge in [-0.15, -0.1) is 16.7 Å². The summed E-state index contributed by atoms with van der Waals surface area (Å²) in [5.41, 5.74) is 2.07. The second-order valence-electron chi connectivity index (χ2n) is 3.48. The minimum Gasteiger partial charge on any atom is -0.220 e. The van der Waals surface area contributed by atoms with E-state index >= 15 is 0 Å². The van der Waals surface area contributed by atoms with Gasteiger partial charge in [-0.25, -0.2) is 9.07 Å². The molecule has 0 fully saturated rings. The van der Waals surface area contributed by atoms with Gasteiger partial charge in [-0.3, -0.25) is 0 Å². The molecule has 0 N–H and O–H groups in total. The third kappa shape index (κ3) is 2.07. The van der Waals surface area contributed by atoms with E-state index in [-0.39, 0.29) is 5.82 Å². The summed E-state index contributed by atoms with van der Waals surface area (Å²) in [6.07, 6.45) is 2.43. The Labute approximate surface area is 97.8 Å². The highest BCUT2D eigenvalue weighted by atomic mass is 35.5. The lowest BCUT2D eigenvalue weighted by atomic mass is 10.2. The van der Waals surface area contributed by atoms with Gasteiger partial charge < -0.3 is 0 Å². The first kappa shape index (κ1) is 11.1. The molecule has 2 aromatic rings. The van der Waals surface area contributed by atoms with Crippen molar-refractivity contribution in [1.82, 2.24) is 15.0 Å². The highest BCUT2D eigenvalue weighted by molar-refractivity contribution is 6.17. The average molecular weight is 240 g/mol. The molecule has 0 atom stereocenters. The lowest BCUT2D eigenvalue weighted by Gasteiger charge is -2.04. The molecule has 3 nitrogen and oxygen atoms in total. The molecule has 0 unspecified atom stereocenters. The Bertz CT molecular complexity index is 496. The van der Waals surface area contributed by atoms with Gasteiger partial charge >= 0.3 is 0 Å². The van der Waals surface area contributed by atoms with E-state index in [0.717, 1.165) is 5.69 Å². The fraction of sp³-hybridized carbons (Fsp3) is 0.273. The summed E-state index contributed by atoms with van der Waals surface area (Å²) in [5.74, 6) is 0.257. The molecule has 84 valence electrons. The fourth-order valence-electron chi connectivity index (χ4n) is 1.47. The summed E-state index contributed by atoms with van der Waals surface area (Å²) < 4.78 is 14.9. The number of aromatic nitrogens is 3. The van der Waals surface area contributed by atoms with Crippen LogP contribution < -0.4 is 0 Å². The van der Waals surface area contributed by atoms with E-state index < -0.39 is 0 Å². The number of nitrogens with zero attached hydrogens (tertiary/aromatic N) is 3. The van der Waals surface area contributed by atoms with Crippen LogP contribution in [0.3, 0.4) is 0 Å². The maximum Gasteiger partial charge on any atom is 0.128 e. The number of rotatable bonds is 3. The third-order valence-corrected chi connectivity index (χ3v) is 2.57. The highest BCUT2D eigenvalue weighted by Gasteiger charge is 2.07. The lowest BCUT2D eigenvalue weighted by Crippen LogP contribution is -1.99. The molecule has 16 heavy (non-hydrogen) atoms. The summed E-state index contributed by atoms with van der Waals surface area (Å²) in [6, 6.07) is 4.88. The van der Waals surface area contributed by atoms with Crippen LogP contribution in [-0.2, 0) is 6.42 Å². The maximum absolute atomic E-state index is 13.3. The molecule has 0 amide bonds. The van der Waals surface area contributed by atoms with Crippen LogP contribution in [0.4, 0.5) is 4.39 Å². The van der Waals surface area contributed by atoms with Gasteiger partial charge in [0.25, 0.3) is 0 Å². The van der Waals surface area contributed by atoms with Crippen molar-refractivity contribution in [3.63, 3.8) is 0 Å². The van der Waals surface area contributed by atoms with Gasteiger partial charge in [-0.05, 0) is 19.1 Å². The number of aryl methyl sites for hydroxylation is 1. The molecule has 0 saturated carbocycles. The van der Waals surface area contributed by atoms with Crippen molar-refractivity contribution >= 4 is 11.6 Å². The molecule has 0 radical (unpaired) electrons. The van der Waals surface area contributed by atoms with Gasteiger partial charge in [0.05, 0.1) is 17.6 Å². The molecule has 1 aromatic heterocycles. The van der Waals surface area contributed by atoms with E-state index in [0.29, 0.717) is 23.6 Å². The highest BCUT2D eigenvalue weighted by Crippen LogP contribution is 2.16. The molecule has 0 aliphatic rings. The number of hydrogen-bond donors (Lipinski definition) is 0. The predicted octanol–water partition coefficient (Wildman–Crippen LogP) is 2.50. The molecule has 0 bridgehead atoms. The molecule has 1 aromatic carbocycles. The SMILES string of the molecule is Cc1c(F)cccc1-n1cc(CCCl)nn1. The molecule has 1 heterocycles. The van der Waals surface area contributed by atoms with Crippen LogP contribution >= 0.6 is 11.6 Å². The first-order chi connectivity index (χ1) is 7.72. The Kier molecular flexibility index (Phi) is 3.19. The second kappa shape index (κ2) is 4.61. The Morgan fingerprint density at radius 3 is 3.00 bits per heavy atom. The number of benzene rings is 1. The van der Waals surface area contributed by atoms with Gasteiger partial charge in [-0.2, -0.15) is 0 Å². The van der Waals surface area contributed by atoms with Crippen LogP contribution in [0.5, 0.6) is 0 Å². The molecule has 0 aliphatic heterocycles. The summed E-state index contributed by atoms with van der Waals surface area (Å²) in [6.45, 7) is 1.72. The summed E-state index contributed by atoms with van der Waals surface area (Å²) in [7, 11) is 0. The Hall–Kier alpha value is -1.42. The van der Waals surface area contributed by atoms with Crippen LogP contribution in [0.25, 0.3) is 5.69 Å². The van der Waals surface area contributed by atoms with E-state index in [2.05, 4.69) is 10.3 Å². The van der Waals surface area contributed by atoms with Crippen LogP contribution in [0.1, 0.15) is 11.3 Å². The molecule has 0 spiro atoms. The smallest absolute Gasteiger partial charge is 0.128 e. The molecular formula is C11H11ClFN3. The maximum atomic E-state index is 13.3. The monoisotopic (exact) mass is 239 g/mol. The van der Waals surface area contributed by atoms with Gasteiger partial charge in [0.1, 0.15) is 5.82 Å². The zero-order valence-corrected chi connectivity index (χ0v) is 9.58. The van der Waals surface area contributed by atoms with Crippen molar-refractivity contribution in [2.75, 3.05) is 5.88 Å². The topological polar surface area (TPSA) is 30.7 Å². The zero-order chi connectivity index (χ0) is 11.5. The van der Waals surface area contributed by atoms with Gasteiger partial charge in [0.2, 0.25) is 0 Å². The predicted molar refractivity (Wildman–Crippen MR) is 60.5 cm³/mol. The Morgan fingerprint density at radius 2 is 2.25 bits per heavy atom. The minimum atomic E-state index is -0.244. The van der Waals surface area contributed by atoms with E-state index in [9.17, 15) is 4.39 Å². The van der Waals surface area contributed by atoms with Crippen molar-refractivity contribution < 1.29 is 4.39 Å². The van der Waals surface area contributed by atoms with Gasteiger partial charge in [0, 0.05) is 17.9 Å². The normalized spacial score (nSPS) is 10.7. The van der Waals surface area contributed by atoms with Crippen LogP contribution in [0, 0.1) is 12.7 Å². The fourth-order valence-corrected chi connectivity index (χ4v) is 1.67. The molecule has 0 saturated heterocycles. The molecule has 5 heteroatoms. The first-order valence-corrected chi connectivity index (χ1v) is 5.48. The van der Waals surface area contributed by atoms with Crippen LogP contribution in [0.15, 0.2) is 24.4 Å². The van der Waals surface area contributed by atoms with Crippen molar-refractivity contribution in [2.24, 2.45) is 0 Å². The number of hydrogen-bond acceptors (Lipinski definition) is 2. The van der Waals surface area contributed by atoms with Crippen molar-refractivity contribution in [1.29, 1.82) is 0 Å². The molecule has 0 aliphatic carbocycles. The molecule has 2 rings (SSSR count). The standard InChI is InChI=1S/C11H11ClFN3/c1-8-10(13)3-2-4-11(8)16-7-9(5-6-12)14-15-16/h2-4,7H,5-6H2,1H3. The van der Waals surface area contributed by atoms with Crippen molar-refractivity contribution in [3.8, 4) is 5.69 Å². The van der Waals surface area contributed by atoms with Gasteiger partial charge in [-0.1, -0.05) is 11.3 Å². The Balaban J connectivity index is 2.39. The quantitative estimate of drug-likeness (QED) is 0.771. The third-order valence-electron chi connectivity index (χ3n) is 2.38. The minimum absolute atomic E-state index is 0.244. The Morgan fingerprint density at radius 1 is 1.44 bits per heavy atom. The van der Waals surface area contributed by atoms with E-state index in [1.165, 1.54) is 6.07 Å².